The molecule has 0 aromatic heterocycles. The van der Waals surface area contributed by atoms with Crippen LogP contribution < -0.4 is 5.32 Å². The van der Waals surface area contributed by atoms with Crippen LogP contribution >= 0.6 is 0 Å². The van der Waals surface area contributed by atoms with Crippen molar-refractivity contribution in [3.8, 4) is 0 Å². The summed E-state index contributed by atoms with van der Waals surface area (Å²) >= 11 is 0. The molecule has 9 aliphatic heterocycles. The van der Waals surface area contributed by atoms with Crippen molar-refractivity contribution >= 4 is 5.91 Å². The van der Waals surface area contributed by atoms with Crippen LogP contribution in [0.15, 0.2) is 0 Å². The van der Waals surface area contributed by atoms with E-state index in [1.165, 1.54) is 0 Å². The molecule has 103 heavy (non-hydrogen) atoms. The van der Waals surface area contributed by atoms with E-state index in [9.17, 15) is 148 Å². The van der Waals surface area contributed by atoms with Gasteiger partial charge in [-0.15, -0.1) is 0 Å². The molecular weight excluding hydrogens is 1420 g/mol. The van der Waals surface area contributed by atoms with Gasteiger partial charge >= 0.3 is 0 Å². The summed E-state index contributed by atoms with van der Waals surface area (Å²) in [6.45, 7) is -8.75. The molecule has 0 aromatic carbocycles. The second-order valence-electron chi connectivity index (χ2n) is 26.0. The minimum absolute atomic E-state index is 0.857. The molecule has 0 aliphatic carbocycles. The van der Waals surface area contributed by atoms with Crippen molar-refractivity contribution in [2.75, 3.05) is 59.5 Å². The first-order valence-corrected chi connectivity index (χ1v) is 32.7. The summed E-state index contributed by atoms with van der Waals surface area (Å²) in [6.07, 6.45) is -93.7. The summed E-state index contributed by atoms with van der Waals surface area (Å²) < 4.78 is 98.4. The number of hydrogen-bond acceptors (Lipinski definition) is 46. The maximum Gasteiger partial charge on any atom is 0.217 e. The van der Waals surface area contributed by atoms with Gasteiger partial charge in [-0.05, 0) is 0 Å². The first kappa shape index (κ1) is 84.7. The number of rotatable bonds is 26. The number of carbonyl (C=O) groups excluding carboxylic acids is 1. The third-order valence-electron chi connectivity index (χ3n) is 19.1. The normalized spacial score (nSPS) is 52.4. The van der Waals surface area contributed by atoms with E-state index in [1.807, 2.05) is 0 Å². The molecule has 600 valence electrons. The molecule has 0 saturated carbocycles. The van der Waals surface area contributed by atoms with Crippen LogP contribution in [0.25, 0.3) is 0 Å². The molecule has 0 radical (unpaired) electrons. The van der Waals surface area contributed by atoms with E-state index in [2.05, 4.69) is 5.32 Å². The molecule has 0 bridgehead atoms. The van der Waals surface area contributed by atoms with Crippen molar-refractivity contribution in [3.05, 3.63) is 0 Å². The Kier molecular flexibility index (Phi) is 30.2. The lowest BCUT2D eigenvalue weighted by Crippen LogP contribution is -2.69. The third-order valence-corrected chi connectivity index (χ3v) is 19.1. The molecule has 9 rings (SSSR count). The van der Waals surface area contributed by atoms with Crippen molar-refractivity contribution < 1.29 is 228 Å². The van der Waals surface area contributed by atoms with Gasteiger partial charge in [-0.2, -0.15) is 0 Å². The van der Waals surface area contributed by atoms with E-state index in [0.29, 0.717) is 0 Å². The zero-order valence-electron chi connectivity index (χ0n) is 54.2. The summed E-state index contributed by atoms with van der Waals surface area (Å²) in [5.74, 6) is -0.857. The molecule has 0 aromatic rings. The lowest BCUT2D eigenvalue weighted by Gasteiger charge is -2.50. The number of aliphatic hydroxyl groups excluding tert-OH is 28. The number of nitrogens with one attached hydrogen (secondary N) is 1. The summed E-state index contributed by atoms with van der Waals surface area (Å²) in [6, 6.07) is -1.77. The van der Waals surface area contributed by atoms with Crippen LogP contribution in [0.5, 0.6) is 0 Å². The van der Waals surface area contributed by atoms with Gasteiger partial charge in [0.05, 0.1) is 59.5 Å². The van der Waals surface area contributed by atoms with Gasteiger partial charge in [0, 0.05) is 6.92 Å². The van der Waals surface area contributed by atoms with E-state index < -0.39 is 342 Å². The Morgan fingerprint density at radius 2 is 0.505 bits per heavy atom. The van der Waals surface area contributed by atoms with Crippen LogP contribution in [0.4, 0.5) is 0 Å². The van der Waals surface area contributed by atoms with Gasteiger partial charge in [0.25, 0.3) is 0 Å². The molecule has 47 heteroatoms. The summed E-state index contributed by atoms with van der Waals surface area (Å²) in [5.41, 5.74) is 0. The van der Waals surface area contributed by atoms with E-state index >= 15 is 0 Å². The maximum atomic E-state index is 12.4. The van der Waals surface area contributed by atoms with Crippen molar-refractivity contribution in [1.29, 1.82) is 0 Å². The van der Waals surface area contributed by atoms with Gasteiger partial charge in [-0.3, -0.25) is 4.79 Å². The molecule has 29 N–H and O–H groups in total. The summed E-state index contributed by atoms with van der Waals surface area (Å²) in [7, 11) is 0. The fourth-order valence-corrected chi connectivity index (χ4v) is 13.1. The second kappa shape index (κ2) is 36.7. The topological polar surface area (TPSA) is 752 Å². The smallest absolute Gasteiger partial charge is 0.217 e. The van der Waals surface area contributed by atoms with Gasteiger partial charge in [0.15, 0.2) is 56.6 Å². The SMILES string of the molecule is CC(=O)N[C@H]1C(O)O[C@H](CO)[C@@H](O[C@@H]2O[C@H](CO[C@H]3O[C@H](CO[C@H]4O[C@H](CO)[C@@H](O)[C@H](O)[C@@H]4O)[C@@H](O)[C@H](O[C@H]4O[C@H](CO)[C@@H](O)[C@H](O)[C@@H]4O[C@H]4O[C@H](CO)[C@@H](O)[C@H](O)[C@@H]4O)[C@@H]3O)[C@@H](O)[C@H](O[C@H]3O[C@H](CO)[C@@H](O)[C@H](O)[C@@H]3O[C@H]3O[C@H](CO)[C@@H](O)[C@H](O)[C@@H]3O[C@H]3O[C@H](CO)[C@@H](O)[C@H](O)[C@@H]3O)[C@@H]2O)[C@@H]1O. The molecule has 9 heterocycles. The van der Waals surface area contributed by atoms with Crippen LogP contribution in [0.3, 0.4) is 0 Å². The molecular formula is C56H95NO46. The Morgan fingerprint density at radius 1 is 0.252 bits per heavy atom. The first-order valence-electron chi connectivity index (χ1n) is 32.7. The summed E-state index contributed by atoms with van der Waals surface area (Å²) in [5, 5.41) is 309. The fraction of sp³-hybridized carbons (Fsp3) is 0.982. The fourth-order valence-electron chi connectivity index (χ4n) is 13.1. The predicted octanol–water partition coefficient (Wildman–Crippen LogP) is -20.5. The lowest BCUT2D eigenvalue weighted by atomic mass is 9.94. The highest BCUT2D eigenvalue weighted by Crippen LogP contribution is 2.40. The number of carbonyl (C=O) groups is 1. The summed E-state index contributed by atoms with van der Waals surface area (Å²) in [4.78, 5) is 12.3. The average molecular weight is 1520 g/mol. The van der Waals surface area contributed by atoms with Gasteiger partial charge < -0.3 is 229 Å². The third kappa shape index (κ3) is 18.0. The van der Waals surface area contributed by atoms with E-state index in [4.69, 9.17) is 80.5 Å². The van der Waals surface area contributed by atoms with Crippen LogP contribution in [0.1, 0.15) is 6.92 Å². The van der Waals surface area contributed by atoms with Gasteiger partial charge in [0.2, 0.25) is 5.91 Å². The average Bonchev–Trinajstić information content (AvgIpc) is 0.770. The first-order chi connectivity index (χ1) is 48.8. The number of hydrogen-bond donors (Lipinski definition) is 29. The van der Waals surface area contributed by atoms with E-state index in [0.717, 1.165) is 6.92 Å². The molecule has 9 fully saturated rings. The molecule has 45 atom stereocenters. The van der Waals surface area contributed by atoms with Crippen LogP contribution in [-0.2, 0) is 85.3 Å². The lowest BCUT2D eigenvalue weighted by molar-refractivity contribution is -0.408. The molecule has 1 unspecified atom stereocenters. The molecule has 9 aliphatic rings. The quantitative estimate of drug-likeness (QED) is 0.0382. The Balaban J connectivity index is 1.05. The van der Waals surface area contributed by atoms with Crippen molar-refractivity contribution in [2.45, 2.75) is 283 Å². The predicted molar refractivity (Wildman–Crippen MR) is 309 cm³/mol. The second-order valence-corrected chi connectivity index (χ2v) is 26.0. The molecule has 9 saturated heterocycles. The number of aliphatic hydroxyl groups is 28. The van der Waals surface area contributed by atoms with Gasteiger partial charge in [0.1, 0.15) is 220 Å². The zero-order chi connectivity index (χ0) is 75.6. The Labute approximate surface area is 581 Å². The Morgan fingerprint density at radius 3 is 0.854 bits per heavy atom. The monoisotopic (exact) mass is 1520 g/mol. The van der Waals surface area contributed by atoms with Crippen molar-refractivity contribution in [3.63, 3.8) is 0 Å². The Hall–Kier alpha value is -2.33. The minimum atomic E-state index is -2.52. The van der Waals surface area contributed by atoms with Crippen molar-refractivity contribution in [1.82, 2.24) is 5.32 Å². The van der Waals surface area contributed by atoms with Crippen LogP contribution in [-0.4, -0.2) is 485 Å². The highest BCUT2D eigenvalue weighted by Gasteiger charge is 2.60. The van der Waals surface area contributed by atoms with E-state index in [1.54, 1.807) is 0 Å². The Bertz CT molecular complexity index is 2580. The molecule has 1 amide bonds. The minimum Gasteiger partial charge on any atom is -0.394 e. The van der Waals surface area contributed by atoms with Crippen LogP contribution in [0.2, 0.25) is 0 Å². The van der Waals surface area contributed by atoms with Gasteiger partial charge in [-0.1, -0.05) is 0 Å². The van der Waals surface area contributed by atoms with Gasteiger partial charge in [-0.25, -0.2) is 0 Å². The zero-order valence-corrected chi connectivity index (χ0v) is 54.2. The van der Waals surface area contributed by atoms with Crippen molar-refractivity contribution in [2.24, 2.45) is 0 Å². The number of amides is 1. The van der Waals surface area contributed by atoms with Crippen LogP contribution in [0, 0.1) is 0 Å². The maximum absolute atomic E-state index is 12.4. The standard InChI is InChI=1S/C56H95NO46/c1-11(65)57-21-30(74)42(18(8-64)89-48(21)86)98-53-41(85)44(100-55-47(36(80)27(71)16(6-62)94-55)103-56-46(35(79)26(70)17(7-63)95-56)102-52-39(83)33(77)24(68)14(4-60)92-52)29(73)20(97-53)10-88-50-40(84)43(28(72)19(96-50)9-87-49-37(81)31(75)22(66)12(2-58)90-49)99-54-45(34(78)25(69)15(5-61)93-54)101-51-38(82)32(76)23(67)13(3-59)91-51/h12-56,58-64,66-86H,2-10H2,1H3,(H,57,65)/t12-,13-,14-,15-,16-,17-,18-,19-,20-,21-,22-,23-,24-,25-,26-,27-,28-,29-,30-,31+,32+,33+,34+,35+,36+,37+,38+,39+,40+,41+,42-,43+,44+,45+,46+,47+,48?,49+,50+,51-,52-,53+,54-,55-,56-/m1/s1. The largest absolute Gasteiger partial charge is 0.394 e. The highest BCUT2D eigenvalue weighted by molar-refractivity contribution is 5.73. The highest BCUT2D eigenvalue weighted by atomic mass is 16.8. The van der Waals surface area contributed by atoms with E-state index in [-0.39, 0.29) is 0 Å². The molecule has 0 spiro atoms. The number of ether oxygens (including phenoxy) is 17. The molecule has 47 nitrogen and oxygen atoms in total.